The molecule has 0 aliphatic carbocycles. The van der Waals surface area contributed by atoms with Crippen molar-refractivity contribution in [2.75, 3.05) is 12.9 Å². The topological polar surface area (TPSA) is 85.5 Å². The molecule has 1 N–H and O–H groups in total. The van der Waals surface area contributed by atoms with Crippen molar-refractivity contribution in [1.29, 1.82) is 0 Å². The average Bonchev–Trinajstić information content (AvgIpc) is 3.25. The summed E-state index contributed by atoms with van der Waals surface area (Å²) >= 11 is 0. The van der Waals surface area contributed by atoms with Crippen LogP contribution < -0.4 is 0 Å². The van der Waals surface area contributed by atoms with Crippen LogP contribution in [-0.2, 0) is 14.3 Å². The van der Waals surface area contributed by atoms with Gasteiger partial charge in [0.1, 0.15) is 0 Å². The van der Waals surface area contributed by atoms with E-state index in [1.807, 2.05) is 21.6 Å². The van der Waals surface area contributed by atoms with E-state index in [2.05, 4.69) is 4.98 Å². The van der Waals surface area contributed by atoms with Gasteiger partial charge in [-0.1, -0.05) is 28.0 Å². The third-order valence-corrected chi connectivity index (χ3v) is 7.64. The lowest BCUT2D eigenvalue weighted by Crippen LogP contribution is -2.25. The fourth-order valence-corrected chi connectivity index (χ4v) is 6.15. The Hall–Kier alpha value is -1.41. The summed E-state index contributed by atoms with van der Waals surface area (Å²) in [7, 11) is 5.16. The number of hydrogen-bond donors (Lipinski definition) is 1. The average molecular weight is 414 g/mol. The van der Waals surface area contributed by atoms with Crippen LogP contribution in [0.3, 0.4) is 0 Å². The zero-order valence-corrected chi connectivity index (χ0v) is 17.9. The number of methoxy groups -OCH3 is 1. The van der Waals surface area contributed by atoms with Crippen molar-refractivity contribution in [1.82, 2.24) is 4.98 Å². The van der Waals surface area contributed by atoms with Gasteiger partial charge in [0.25, 0.3) is 0 Å². The highest BCUT2D eigenvalue weighted by molar-refractivity contribution is 8.77. The van der Waals surface area contributed by atoms with Gasteiger partial charge < -0.3 is 14.5 Å². The molecule has 0 spiro atoms. The van der Waals surface area contributed by atoms with E-state index in [4.69, 9.17) is 9.47 Å². The number of hydrogen-bond acceptors (Lipinski definition) is 7. The van der Waals surface area contributed by atoms with Crippen LogP contribution >= 0.6 is 21.6 Å². The third-order valence-electron chi connectivity index (χ3n) is 4.64. The molecular formula is C19H27NO5S2. The van der Waals surface area contributed by atoms with Gasteiger partial charge in [0, 0.05) is 23.1 Å². The minimum Gasteiger partial charge on any atom is -0.465 e. The molecule has 0 radical (unpaired) electrons. The van der Waals surface area contributed by atoms with E-state index in [1.165, 1.54) is 19.3 Å². The van der Waals surface area contributed by atoms with Crippen molar-refractivity contribution in [3.63, 3.8) is 0 Å². The molecule has 0 bridgehead atoms. The fourth-order valence-electron chi connectivity index (χ4n) is 3.12. The summed E-state index contributed by atoms with van der Waals surface area (Å²) in [4.78, 5) is 39.4. The third kappa shape index (κ3) is 5.78. The predicted octanol–water partition coefficient (Wildman–Crippen LogP) is 4.25. The highest BCUT2D eigenvalue weighted by atomic mass is 33.1. The maximum Gasteiger partial charge on any atom is 0.339 e. The van der Waals surface area contributed by atoms with Gasteiger partial charge in [0.2, 0.25) is 5.78 Å². The first-order chi connectivity index (χ1) is 12.8. The van der Waals surface area contributed by atoms with Crippen LogP contribution in [0.5, 0.6) is 0 Å². The second kappa shape index (κ2) is 10.2. The first-order valence-electron chi connectivity index (χ1n) is 9.14. The first-order valence-corrected chi connectivity index (χ1v) is 11.5. The van der Waals surface area contributed by atoms with Gasteiger partial charge in [-0.2, -0.15) is 0 Å². The smallest absolute Gasteiger partial charge is 0.339 e. The van der Waals surface area contributed by atoms with Crippen LogP contribution in [0, 0.1) is 13.8 Å². The largest absolute Gasteiger partial charge is 0.465 e. The zero-order chi connectivity index (χ0) is 20.0. The van der Waals surface area contributed by atoms with Crippen molar-refractivity contribution in [2.24, 2.45) is 0 Å². The molecule has 2 rings (SSSR count). The Kier molecular flexibility index (Phi) is 8.28. The first kappa shape index (κ1) is 21.9. The molecule has 1 saturated heterocycles. The summed E-state index contributed by atoms with van der Waals surface area (Å²) in [5.41, 5.74) is 1.70. The fraction of sp³-hybridized carbons (Fsp3) is 0.632. The Morgan fingerprint density at radius 1 is 1.26 bits per heavy atom. The van der Waals surface area contributed by atoms with Crippen molar-refractivity contribution >= 4 is 39.3 Å². The van der Waals surface area contributed by atoms with Crippen molar-refractivity contribution in [3.05, 3.63) is 22.5 Å². The van der Waals surface area contributed by atoms with Gasteiger partial charge in [-0.15, -0.1) is 0 Å². The lowest BCUT2D eigenvalue weighted by molar-refractivity contribution is -0.146. The number of ketones is 1. The predicted molar refractivity (Wildman–Crippen MR) is 108 cm³/mol. The van der Waals surface area contributed by atoms with E-state index in [9.17, 15) is 14.4 Å². The van der Waals surface area contributed by atoms with E-state index in [0.717, 1.165) is 19.3 Å². The Bertz CT molecular complexity index is 695. The number of aromatic nitrogens is 1. The molecule has 0 amide bonds. The zero-order valence-electron chi connectivity index (χ0n) is 16.3. The van der Waals surface area contributed by atoms with Gasteiger partial charge in [0.05, 0.1) is 18.4 Å². The lowest BCUT2D eigenvalue weighted by Gasteiger charge is -2.12. The molecule has 1 aliphatic heterocycles. The van der Waals surface area contributed by atoms with Gasteiger partial charge >= 0.3 is 11.9 Å². The van der Waals surface area contributed by atoms with Crippen LogP contribution in [0.2, 0.25) is 0 Å². The Labute approximate surface area is 167 Å². The van der Waals surface area contributed by atoms with Crippen LogP contribution in [0.15, 0.2) is 0 Å². The molecule has 0 unspecified atom stereocenters. The van der Waals surface area contributed by atoms with Crippen LogP contribution in [0.1, 0.15) is 71.1 Å². The van der Waals surface area contributed by atoms with Crippen LogP contribution in [0.25, 0.3) is 0 Å². The molecule has 150 valence electrons. The molecule has 2 heterocycles. The van der Waals surface area contributed by atoms with E-state index in [1.54, 1.807) is 20.8 Å². The number of unbranched alkanes of at least 4 members (excludes halogenated alkanes) is 1. The molecule has 6 nitrogen and oxygen atoms in total. The maximum atomic E-state index is 12.6. The number of Topliss-reactive ketones (excluding diaryl/α,β-unsaturated/α-hetero) is 1. The minimum atomic E-state index is -0.901. The SMILES string of the molecule is COC(=O)c1c(C)[nH]c(C(=O)[C@@H](C)OC(=O)CCCC[C@H]2CCSS2)c1C. The lowest BCUT2D eigenvalue weighted by atomic mass is 10.1. The van der Waals surface area contributed by atoms with E-state index in [0.29, 0.717) is 28.5 Å². The Balaban J connectivity index is 1.84. The number of esters is 2. The number of aryl methyl sites for hydroxylation is 1. The number of ether oxygens (including phenoxy) is 2. The molecule has 2 atom stereocenters. The van der Waals surface area contributed by atoms with Crippen LogP contribution in [-0.4, -0.2) is 46.9 Å². The highest BCUT2D eigenvalue weighted by Gasteiger charge is 2.27. The summed E-state index contributed by atoms with van der Waals surface area (Å²) in [5.74, 6) is 0.00691. The standard InChI is InChI=1S/C19H27NO5S2/c1-11-16(19(23)24-4)12(2)20-17(11)18(22)13(3)25-15(21)8-6-5-7-14-9-10-26-27-14/h13-14,20H,5-10H2,1-4H3/t13-,14+/m1/s1. The number of rotatable bonds is 9. The van der Waals surface area contributed by atoms with E-state index >= 15 is 0 Å². The molecule has 1 aromatic heterocycles. The number of carbonyl (C=O) groups excluding carboxylic acids is 3. The molecule has 0 aromatic carbocycles. The summed E-state index contributed by atoms with van der Waals surface area (Å²) < 4.78 is 10.0. The highest BCUT2D eigenvalue weighted by Crippen LogP contribution is 2.39. The summed E-state index contributed by atoms with van der Waals surface area (Å²) in [6, 6.07) is 0. The number of aromatic amines is 1. The number of nitrogens with one attached hydrogen (secondary N) is 1. The summed E-state index contributed by atoms with van der Waals surface area (Å²) in [6.07, 6.45) is 3.55. The van der Waals surface area contributed by atoms with E-state index < -0.39 is 12.1 Å². The second-order valence-electron chi connectivity index (χ2n) is 6.69. The van der Waals surface area contributed by atoms with Gasteiger partial charge in [-0.05, 0) is 45.6 Å². The monoisotopic (exact) mass is 413 g/mol. The Morgan fingerprint density at radius 2 is 2.00 bits per heavy atom. The van der Waals surface area contributed by atoms with Crippen molar-refractivity contribution < 1.29 is 23.9 Å². The van der Waals surface area contributed by atoms with Gasteiger partial charge in [-0.3, -0.25) is 9.59 Å². The quantitative estimate of drug-likeness (QED) is 0.280. The molecule has 1 fully saturated rings. The van der Waals surface area contributed by atoms with Crippen molar-refractivity contribution in [2.45, 2.75) is 64.2 Å². The molecule has 1 aromatic rings. The maximum absolute atomic E-state index is 12.6. The molecule has 27 heavy (non-hydrogen) atoms. The second-order valence-corrected chi connectivity index (χ2v) is 9.48. The van der Waals surface area contributed by atoms with Gasteiger partial charge in [-0.25, -0.2) is 4.79 Å². The number of carbonyl (C=O) groups is 3. The summed E-state index contributed by atoms with van der Waals surface area (Å²) in [5, 5.41) is 0.703. The van der Waals surface area contributed by atoms with Crippen molar-refractivity contribution in [3.8, 4) is 0 Å². The molecule has 0 saturated carbocycles. The minimum absolute atomic E-state index is 0.281. The molecular weight excluding hydrogens is 386 g/mol. The Morgan fingerprint density at radius 3 is 2.63 bits per heavy atom. The van der Waals surface area contributed by atoms with Crippen LogP contribution in [0.4, 0.5) is 0 Å². The molecule has 8 heteroatoms. The summed E-state index contributed by atoms with van der Waals surface area (Å²) in [6.45, 7) is 4.94. The van der Waals surface area contributed by atoms with E-state index in [-0.39, 0.29) is 17.4 Å². The molecule has 1 aliphatic rings. The normalized spacial score (nSPS) is 17.6. The van der Waals surface area contributed by atoms with Gasteiger partial charge in [0.15, 0.2) is 6.10 Å². The number of H-pyrrole nitrogens is 1.